The second-order valence-corrected chi connectivity index (χ2v) is 8.64. The van der Waals surface area contributed by atoms with Crippen molar-refractivity contribution < 1.29 is 0 Å². The topological polar surface area (TPSA) is 76.8 Å². The molecular formula is C20H22N6OS. The van der Waals surface area contributed by atoms with Crippen LogP contribution < -0.4 is 5.56 Å². The summed E-state index contributed by atoms with van der Waals surface area (Å²) in [5.74, 6) is 0.652. The van der Waals surface area contributed by atoms with Crippen LogP contribution in [0.5, 0.6) is 0 Å². The molecule has 0 N–H and O–H groups in total. The zero-order valence-electron chi connectivity index (χ0n) is 15.6. The van der Waals surface area contributed by atoms with E-state index in [1.165, 1.54) is 17.8 Å². The van der Waals surface area contributed by atoms with Crippen LogP contribution >= 0.6 is 11.3 Å². The molecule has 144 valence electrons. The van der Waals surface area contributed by atoms with E-state index in [-0.39, 0.29) is 5.56 Å². The maximum Gasteiger partial charge on any atom is 0.266 e. The molecule has 3 aromatic rings. The lowest BCUT2D eigenvalue weighted by atomic mass is 10.2. The van der Waals surface area contributed by atoms with Crippen LogP contribution in [0.3, 0.4) is 0 Å². The number of nitrogens with zero attached hydrogens (tertiary/aromatic N) is 6. The van der Waals surface area contributed by atoms with E-state index >= 15 is 0 Å². The highest BCUT2D eigenvalue weighted by Crippen LogP contribution is 2.41. The number of rotatable bonds is 6. The van der Waals surface area contributed by atoms with Crippen molar-refractivity contribution in [3.8, 4) is 11.3 Å². The van der Waals surface area contributed by atoms with Gasteiger partial charge in [-0.2, -0.15) is 5.10 Å². The van der Waals surface area contributed by atoms with E-state index in [1.54, 1.807) is 40.5 Å². The summed E-state index contributed by atoms with van der Waals surface area (Å²) in [6.07, 6.45) is 8.19. The summed E-state index contributed by atoms with van der Waals surface area (Å²) >= 11 is 1.75. The van der Waals surface area contributed by atoms with Gasteiger partial charge < -0.3 is 0 Å². The van der Waals surface area contributed by atoms with Crippen molar-refractivity contribution in [2.75, 3.05) is 6.54 Å². The fourth-order valence-electron chi connectivity index (χ4n) is 3.77. The quantitative estimate of drug-likeness (QED) is 0.640. The van der Waals surface area contributed by atoms with Crippen molar-refractivity contribution in [2.24, 2.45) is 0 Å². The third kappa shape index (κ3) is 3.74. The smallest absolute Gasteiger partial charge is 0.266 e. The molecule has 1 saturated heterocycles. The minimum absolute atomic E-state index is 0.0587. The van der Waals surface area contributed by atoms with Gasteiger partial charge in [-0.05, 0) is 50.4 Å². The zero-order valence-corrected chi connectivity index (χ0v) is 16.4. The van der Waals surface area contributed by atoms with Crippen LogP contribution in [0.1, 0.15) is 41.6 Å². The maximum atomic E-state index is 12.4. The highest BCUT2D eigenvalue weighted by molar-refractivity contribution is 7.11. The summed E-state index contributed by atoms with van der Waals surface area (Å²) in [5.41, 5.74) is 1.70. The van der Waals surface area contributed by atoms with E-state index in [2.05, 4.69) is 25.2 Å². The molecule has 7 nitrogen and oxygen atoms in total. The van der Waals surface area contributed by atoms with Gasteiger partial charge >= 0.3 is 0 Å². The molecule has 5 rings (SSSR count). The summed E-state index contributed by atoms with van der Waals surface area (Å²) < 4.78 is 1.61. The fourth-order valence-corrected chi connectivity index (χ4v) is 4.80. The van der Waals surface area contributed by atoms with Gasteiger partial charge in [-0.1, -0.05) is 11.3 Å². The molecule has 1 unspecified atom stereocenters. The minimum atomic E-state index is -0.0587. The molecular weight excluding hydrogens is 372 g/mol. The average Bonchev–Trinajstić information content (AvgIpc) is 3.32. The van der Waals surface area contributed by atoms with E-state index in [1.807, 2.05) is 12.1 Å². The second kappa shape index (κ2) is 7.52. The SMILES string of the molecule is O=c1ccc(-c2ccncc2)nn1CC1CCCN1Cc1nnc(C2CC2)s1. The molecule has 4 heterocycles. The predicted octanol–water partition coefficient (Wildman–Crippen LogP) is 2.70. The molecule has 0 aromatic carbocycles. The van der Waals surface area contributed by atoms with Crippen LogP contribution in [0, 0.1) is 0 Å². The fraction of sp³-hybridized carbons (Fsp3) is 0.450. The summed E-state index contributed by atoms with van der Waals surface area (Å²) in [6.45, 7) is 2.45. The molecule has 2 aliphatic rings. The Hall–Kier alpha value is -2.45. The monoisotopic (exact) mass is 394 g/mol. The minimum Gasteiger partial charge on any atom is -0.292 e. The molecule has 0 radical (unpaired) electrons. The molecule has 1 aliphatic carbocycles. The van der Waals surface area contributed by atoms with Crippen LogP contribution in [0.25, 0.3) is 11.3 Å². The molecule has 0 spiro atoms. The van der Waals surface area contributed by atoms with E-state index < -0.39 is 0 Å². The molecule has 0 amide bonds. The van der Waals surface area contributed by atoms with Crippen LogP contribution in [0.15, 0.2) is 41.5 Å². The number of pyridine rings is 1. The highest BCUT2D eigenvalue weighted by Gasteiger charge is 2.30. The number of hydrogen-bond acceptors (Lipinski definition) is 7. The Balaban J connectivity index is 1.32. The van der Waals surface area contributed by atoms with Crippen LogP contribution in [-0.4, -0.2) is 42.4 Å². The normalized spacial score (nSPS) is 19.9. The first kappa shape index (κ1) is 17.6. The van der Waals surface area contributed by atoms with Crippen molar-refractivity contribution in [1.82, 2.24) is 29.9 Å². The van der Waals surface area contributed by atoms with Gasteiger partial charge in [0, 0.05) is 36.0 Å². The zero-order chi connectivity index (χ0) is 18.9. The van der Waals surface area contributed by atoms with Gasteiger partial charge in [0.15, 0.2) is 0 Å². The first-order valence-electron chi connectivity index (χ1n) is 9.81. The third-order valence-electron chi connectivity index (χ3n) is 5.47. The Morgan fingerprint density at radius 2 is 1.93 bits per heavy atom. The molecule has 0 bridgehead atoms. The molecule has 1 saturated carbocycles. The van der Waals surface area contributed by atoms with E-state index in [9.17, 15) is 4.79 Å². The Labute approximate surface area is 167 Å². The summed E-state index contributed by atoms with van der Waals surface area (Å²) in [6, 6.07) is 7.50. The van der Waals surface area contributed by atoms with Crippen LogP contribution in [-0.2, 0) is 13.1 Å². The standard InChI is InChI=1S/C20H22N6OS/c27-19-6-5-17(14-7-9-21-10-8-14)24-26(19)12-16-2-1-11-25(16)13-18-22-23-20(28-18)15-3-4-15/h5-10,15-16H,1-4,11-13H2. The largest absolute Gasteiger partial charge is 0.292 e. The Kier molecular flexibility index (Phi) is 4.74. The van der Waals surface area contributed by atoms with E-state index in [0.29, 0.717) is 18.5 Å². The first-order chi connectivity index (χ1) is 13.8. The van der Waals surface area contributed by atoms with E-state index in [4.69, 9.17) is 0 Å². The van der Waals surface area contributed by atoms with Crippen molar-refractivity contribution in [2.45, 2.75) is 50.7 Å². The maximum absolute atomic E-state index is 12.4. The van der Waals surface area contributed by atoms with Gasteiger partial charge in [0.25, 0.3) is 5.56 Å². The molecule has 1 aliphatic heterocycles. The van der Waals surface area contributed by atoms with E-state index in [0.717, 1.165) is 42.2 Å². The molecule has 3 aromatic heterocycles. The Morgan fingerprint density at radius 1 is 1.07 bits per heavy atom. The average molecular weight is 395 g/mol. The number of aromatic nitrogens is 5. The van der Waals surface area contributed by atoms with Crippen molar-refractivity contribution in [3.63, 3.8) is 0 Å². The summed E-state index contributed by atoms with van der Waals surface area (Å²) in [5, 5.41) is 15.6. The van der Waals surface area contributed by atoms with Gasteiger partial charge in [-0.3, -0.25) is 14.7 Å². The predicted molar refractivity (Wildman–Crippen MR) is 107 cm³/mol. The summed E-state index contributed by atoms with van der Waals surface area (Å²) in [4.78, 5) is 18.9. The number of hydrogen-bond donors (Lipinski definition) is 0. The van der Waals surface area contributed by atoms with Gasteiger partial charge in [0.2, 0.25) is 0 Å². The van der Waals surface area contributed by atoms with Gasteiger partial charge in [-0.15, -0.1) is 10.2 Å². The van der Waals surface area contributed by atoms with Crippen LogP contribution in [0.2, 0.25) is 0 Å². The Bertz CT molecular complexity index is 1010. The molecule has 28 heavy (non-hydrogen) atoms. The molecule has 1 atom stereocenters. The lowest BCUT2D eigenvalue weighted by Gasteiger charge is -2.23. The lowest BCUT2D eigenvalue weighted by molar-refractivity contribution is 0.216. The van der Waals surface area contributed by atoms with Crippen LogP contribution in [0.4, 0.5) is 0 Å². The molecule has 8 heteroatoms. The summed E-state index contributed by atoms with van der Waals surface area (Å²) in [7, 11) is 0. The van der Waals surface area contributed by atoms with Crippen molar-refractivity contribution in [3.05, 3.63) is 57.0 Å². The highest BCUT2D eigenvalue weighted by atomic mass is 32.1. The van der Waals surface area contributed by atoms with Crippen molar-refractivity contribution in [1.29, 1.82) is 0 Å². The lowest BCUT2D eigenvalue weighted by Crippen LogP contribution is -2.36. The first-order valence-corrected chi connectivity index (χ1v) is 10.6. The second-order valence-electron chi connectivity index (χ2n) is 7.55. The van der Waals surface area contributed by atoms with Gasteiger partial charge in [0.1, 0.15) is 10.0 Å². The third-order valence-corrected chi connectivity index (χ3v) is 6.54. The van der Waals surface area contributed by atoms with Crippen molar-refractivity contribution >= 4 is 11.3 Å². The molecule has 2 fully saturated rings. The van der Waals surface area contributed by atoms with Gasteiger partial charge in [0.05, 0.1) is 18.8 Å². The Morgan fingerprint density at radius 3 is 2.75 bits per heavy atom. The number of likely N-dealkylation sites (tertiary alicyclic amines) is 1. The van der Waals surface area contributed by atoms with Gasteiger partial charge in [-0.25, -0.2) is 4.68 Å².